The molecule has 0 aromatic heterocycles. The van der Waals surface area contributed by atoms with E-state index in [1.54, 1.807) is 0 Å². The van der Waals surface area contributed by atoms with E-state index in [1.807, 2.05) is 0 Å². The third-order valence-electron chi connectivity index (χ3n) is 10.0. The molecule has 12 nitrogen and oxygen atoms in total. The van der Waals surface area contributed by atoms with Gasteiger partial charge in [-0.25, -0.2) is 4.57 Å². The number of carbonyl (C=O) groups excluding carboxylic acids is 1. The van der Waals surface area contributed by atoms with Crippen LogP contribution in [0.2, 0.25) is 0 Å². The number of aliphatic hydroxyl groups is 5. The normalized spacial score (nSPS) is 23.4. The molecule has 0 aliphatic heterocycles. The van der Waals surface area contributed by atoms with Crippen molar-refractivity contribution < 1.29 is 58.3 Å². The summed E-state index contributed by atoms with van der Waals surface area (Å²) in [5.41, 5.74) is 0. The Kier molecular flexibility index (Phi) is 31.8. The molecule has 1 saturated carbocycles. The number of carbonyl (C=O) groups is 1. The fourth-order valence-corrected chi connectivity index (χ4v) is 7.50. The highest BCUT2D eigenvalue weighted by atomic mass is 31.2. The van der Waals surface area contributed by atoms with Crippen molar-refractivity contribution in [1.29, 1.82) is 0 Å². The summed E-state index contributed by atoms with van der Waals surface area (Å²) in [5, 5.41) is 50.0. The molecule has 1 rings (SSSR count). The van der Waals surface area contributed by atoms with Crippen LogP contribution in [0.25, 0.3) is 0 Å². The summed E-state index contributed by atoms with van der Waals surface area (Å²) in [7, 11) is -5.01. The molecule has 324 valence electrons. The molecule has 1 aliphatic carbocycles. The molecule has 0 heterocycles. The summed E-state index contributed by atoms with van der Waals surface area (Å²) in [6, 6.07) is 0. The maximum atomic E-state index is 12.8. The Morgan fingerprint density at radius 1 is 0.564 bits per heavy atom. The highest BCUT2D eigenvalue weighted by Gasteiger charge is 2.51. The summed E-state index contributed by atoms with van der Waals surface area (Å²) < 4.78 is 34.1. The minimum Gasteiger partial charge on any atom is -0.457 e. The molecule has 0 aromatic rings. The van der Waals surface area contributed by atoms with Crippen molar-refractivity contribution in [2.24, 2.45) is 0 Å². The Morgan fingerprint density at radius 3 is 1.51 bits per heavy atom. The van der Waals surface area contributed by atoms with Gasteiger partial charge in [-0.1, -0.05) is 134 Å². The van der Waals surface area contributed by atoms with Gasteiger partial charge in [0.25, 0.3) is 0 Å². The van der Waals surface area contributed by atoms with Gasteiger partial charge in [0.15, 0.2) is 0 Å². The second kappa shape index (κ2) is 33.8. The second-order valence-electron chi connectivity index (χ2n) is 15.2. The fraction of sp³-hybridized carbons (Fsp3) is 0.881. The zero-order valence-electron chi connectivity index (χ0n) is 34.2. The number of aliphatic hydroxyl groups excluding tert-OH is 5. The number of hydrogen-bond donors (Lipinski definition) is 6. The summed E-state index contributed by atoms with van der Waals surface area (Å²) in [5.74, 6) is -0.485. The molecule has 6 atom stereocenters. The molecule has 0 bridgehead atoms. The van der Waals surface area contributed by atoms with Crippen molar-refractivity contribution in [1.82, 2.24) is 0 Å². The van der Waals surface area contributed by atoms with Crippen LogP contribution in [0.4, 0.5) is 0 Å². The van der Waals surface area contributed by atoms with Crippen LogP contribution in [0.5, 0.6) is 0 Å². The van der Waals surface area contributed by atoms with E-state index in [2.05, 4.69) is 38.2 Å². The van der Waals surface area contributed by atoms with Crippen molar-refractivity contribution in [3.63, 3.8) is 0 Å². The number of esters is 1. The molecule has 1 fully saturated rings. The Morgan fingerprint density at radius 2 is 1.00 bits per heavy atom. The average Bonchev–Trinajstić information content (AvgIpc) is 3.17. The van der Waals surface area contributed by atoms with Crippen LogP contribution in [0, 0.1) is 0 Å². The zero-order valence-corrected chi connectivity index (χ0v) is 35.1. The smallest absolute Gasteiger partial charge is 0.457 e. The van der Waals surface area contributed by atoms with Gasteiger partial charge in [-0.2, -0.15) is 0 Å². The van der Waals surface area contributed by atoms with Crippen LogP contribution in [0.1, 0.15) is 174 Å². The minimum atomic E-state index is -5.01. The quantitative estimate of drug-likeness (QED) is 0.0154. The van der Waals surface area contributed by atoms with E-state index in [1.165, 1.54) is 83.5 Å². The van der Waals surface area contributed by atoms with Gasteiger partial charge < -0.3 is 39.9 Å². The van der Waals surface area contributed by atoms with E-state index >= 15 is 0 Å². The number of allylic oxidation sites excluding steroid dienone is 4. The molecular formula is C42H79O12P. The number of unbranched alkanes of at least 4 members (excludes halogenated alkanes) is 20. The summed E-state index contributed by atoms with van der Waals surface area (Å²) >= 11 is 0. The SMILES string of the molecule is CCC/C=C\CCCCCCCCOCC(COP(=O)(O)OC1C(O)C(O)C(O)C(O)C1O)OC(=O)CCCCCCCCC/C=C\CCCCCCCC. The lowest BCUT2D eigenvalue weighted by molar-refractivity contribution is -0.220. The van der Waals surface area contributed by atoms with E-state index in [0.29, 0.717) is 13.0 Å². The topological polar surface area (TPSA) is 192 Å². The van der Waals surface area contributed by atoms with E-state index in [-0.39, 0.29) is 13.0 Å². The first-order valence-corrected chi connectivity index (χ1v) is 23.2. The Labute approximate surface area is 332 Å². The largest absolute Gasteiger partial charge is 0.472 e. The van der Waals surface area contributed by atoms with Crippen molar-refractivity contribution in [2.75, 3.05) is 19.8 Å². The molecule has 0 amide bonds. The second-order valence-corrected chi connectivity index (χ2v) is 16.6. The molecule has 13 heteroatoms. The Bertz CT molecular complexity index is 1010. The van der Waals surface area contributed by atoms with Crippen LogP contribution in [0.15, 0.2) is 24.3 Å². The van der Waals surface area contributed by atoms with E-state index in [0.717, 1.165) is 64.2 Å². The lowest BCUT2D eigenvalue weighted by Gasteiger charge is -2.41. The highest BCUT2D eigenvalue weighted by Crippen LogP contribution is 2.47. The van der Waals surface area contributed by atoms with Crippen molar-refractivity contribution in [3.05, 3.63) is 24.3 Å². The lowest BCUT2D eigenvalue weighted by atomic mass is 9.85. The number of ether oxygens (including phenoxy) is 2. The van der Waals surface area contributed by atoms with Gasteiger partial charge in [0.2, 0.25) is 0 Å². The molecule has 0 aromatic carbocycles. The predicted molar refractivity (Wildman–Crippen MR) is 216 cm³/mol. The highest BCUT2D eigenvalue weighted by molar-refractivity contribution is 7.47. The summed E-state index contributed by atoms with van der Waals surface area (Å²) in [4.78, 5) is 23.1. The van der Waals surface area contributed by atoms with Gasteiger partial charge in [0.05, 0.1) is 13.2 Å². The molecule has 0 spiro atoms. The van der Waals surface area contributed by atoms with Gasteiger partial charge in [-0.15, -0.1) is 0 Å². The van der Waals surface area contributed by atoms with E-state index in [9.17, 15) is 39.8 Å². The number of phosphoric acid groups is 1. The van der Waals surface area contributed by atoms with E-state index in [4.69, 9.17) is 18.5 Å². The molecule has 55 heavy (non-hydrogen) atoms. The Balaban J connectivity index is 2.41. The average molecular weight is 807 g/mol. The van der Waals surface area contributed by atoms with Gasteiger partial charge in [0, 0.05) is 13.0 Å². The van der Waals surface area contributed by atoms with Gasteiger partial charge >= 0.3 is 13.8 Å². The minimum absolute atomic E-state index is 0.0810. The number of phosphoric ester groups is 1. The lowest BCUT2D eigenvalue weighted by Crippen LogP contribution is -2.64. The first-order valence-electron chi connectivity index (χ1n) is 21.7. The van der Waals surface area contributed by atoms with Gasteiger partial charge in [0.1, 0.15) is 42.7 Å². The van der Waals surface area contributed by atoms with Gasteiger partial charge in [-0.05, 0) is 57.8 Å². The van der Waals surface area contributed by atoms with Crippen LogP contribution in [-0.2, 0) is 27.9 Å². The van der Waals surface area contributed by atoms with Crippen molar-refractivity contribution in [2.45, 2.75) is 217 Å². The van der Waals surface area contributed by atoms with Crippen molar-refractivity contribution >= 4 is 13.8 Å². The van der Waals surface area contributed by atoms with Crippen LogP contribution in [-0.4, -0.2) is 98.9 Å². The third-order valence-corrected chi connectivity index (χ3v) is 11.0. The molecule has 0 saturated heterocycles. The molecule has 1 aliphatic rings. The van der Waals surface area contributed by atoms with Crippen molar-refractivity contribution in [3.8, 4) is 0 Å². The van der Waals surface area contributed by atoms with Crippen LogP contribution in [0.3, 0.4) is 0 Å². The first kappa shape index (κ1) is 51.8. The molecule has 0 radical (unpaired) electrons. The van der Waals surface area contributed by atoms with Gasteiger partial charge in [-0.3, -0.25) is 13.8 Å². The summed E-state index contributed by atoms with van der Waals surface area (Å²) in [6.07, 6.45) is 24.0. The number of hydrogen-bond acceptors (Lipinski definition) is 11. The fourth-order valence-electron chi connectivity index (χ4n) is 6.53. The molecular weight excluding hydrogens is 727 g/mol. The zero-order chi connectivity index (χ0) is 40.6. The molecule has 6 N–H and O–H groups in total. The monoisotopic (exact) mass is 807 g/mol. The molecule has 6 unspecified atom stereocenters. The van der Waals surface area contributed by atoms with Crippen LogP contribution >= 0.6 is 7.82 Å². The first-order chi connectivity index (χ1) is 26.5. The maximum absolute atomic E-state index is 12.8. The Hall–Kier alpha value is -1.18. The van der Waals surface area contributed by atoms with Crippen LogP contribution < -0.4 is 0 Å². The standard InChI is InChI=1S/C42H79O12P/c1-3-5-7-9-11-13-15-16-17-18-19-20-21-23-25-27-29-31-36(43)53-35(33-51-32-30-28-26-24-22-14-12-10-8-6-4-2)34-52-55(49,50)54-42-40(47)38(45)37(44)39(46)41(42)48/h8,10,16-17,35,37-42,44-48H,3-7,9,11-15,18-34H2,1-2H3,(H,49,50)/b10-8-,17-16-. The summed E-state index contributed by atoms with van der Waals surface area (Å²) in [6.45, 7) is 4.17. The van der Waals surface area contributed by atoms with E-state index < -0.39 is 63.1 Å². The maximum Gasteiger partial charge on any atom is 0.472 e. The predicted octanol–water partition coefficient (Wildman–Crippen LogP) is 8.14. The third kappa shape index (κ3) is 26.4. The number of rotatable bonds is 36.